The lowest BCUT2D eigenvalue weighted by molar-refractivity contribution is -0.0926. The number of fused-ring (bicyclic) bond motifs is 3. The average Bonchev–Trinajstić information content (AvgIpc) is 3.30. The van der Waals surface area contributed by atoms with Crippen LogP contribution in [0.25, 0.3) is 0 Å². The van der Waals surface area contributed by atoms with E-state index < -0.39 is 0 Å². The minimum atomic E-state index is -0.196. The molecule has 0 bridgehead atoms. The maximum Gasteiger partial charge on any atom is 0.267 e. The second-order valence-corrected chi connectivity index (χ2v) is 8.48. The van der Waals surface area contributed by atoms with E-state index in [1.807, 2.05) is 21.6 Å². The van der Waals surface area contributed by atoms with Crippen LogP contribution >= 0.6 is 22.7 Å². The minimum Gasteiger partial charge on any atom is -0.485 e. The topological polar surface area (TPSA) is 48.0 Å². The van der Waals surface area contributed by atoms with E-state index in [1.54, 1.807) is 0 Å². The molecule has 2 aromatic heterocycles. The van der Waals surface area contributed by atoms with Gasteiger partial charge in [-0.15, -0.1) is 22.7 Å². The number of ether oxygens (including phenoxy) is 3. The molecule has 0 unspecified atom stereocenters. The van der Waals surface area contributed by atoms with E-state index >= 15 is 0 Å². The Labute approximate surface area is 154 Å². The molecule has 7 heteroatoms. The van der Waals surface area contributed by atoms with Gasteiger partial charge in [-0.05, 0) is 29.9 Å². The molecule has 3 aliphatic heterocycles. The van der Waals surface area contributed by atoms with Crippen LogP contribution in [0.3, 0.4) is 0 Å². The van der Waals surface area contributed by atoms with Crippen LogP contribution in [-0.2, 0) is 16.8 Å². The minimum absolute atomic E-state index is 0.0490. The van der Waals surface area contributed by atoms with Gasteiger partial charge in [0, 0.05) is 29.8 Å². The van der Waals surface area contributed by atoms with Crippen LogP contribution in [0.5, 0.6) is 11.5 Å². The van der Waals surface area contributed by atoms with Gasteiger partial charge < -0.3 is 19.1 Å². The van der Waals surface area contributed by atoms with Crippen molar-refractivity contribution in [3.63, 3.8) is 0 Å². The van der Waals surface area contributed by atoms with E-state index in [9.17, 15) is 4.79 Å². The first-order chi connectivity index (χ1) is 12.3. The molecule has 0 radical (unpaired) electrons. The van der Waals surface area contributed by atoms with Gasteiger partial charge in [0.1, 0.15) is 18.1 Å². The van der Waals surface area contributed by atoms with Gasteiger partial charge in [-0.1, -0.05) is 0 Å². The standard InChI is InChI=1S/C18H19NO4S2/c20-17(16-15-13(11-25-16)21-8-9-22-15)19-5-3-18(4-6-19)12-2-10-24-14(12)1-7-23-18/h2,10-11H,1,3-9H2. The zero-order valence-electron chi connectivity index (χ0n) is 13.8. The number of carbonyl (C=O) groups excluding carboxylic acids is 1. The first kappa shape index (κ1) is 15.7. The molecule has 1 saturated heterocycles. The number of nitrogens with zero attached hydrogens (tertiary/aromatic N) is 1. The molecule has 0 N–H and O–H groups in total. The third-order valence-corrected chi connectivity index (χ3v) is 7.21. The van der Waals surface area contributed by atoms with Gasteiger partial charge >= 0.3 is 0 Å². The highest BCUT2D eigenvalue weighted by Crippen LogP contribution is 2.45. The van der Waals surface area contributed by atoms with Gasteiger partial charge in [-0.2, -0.15) is 0 Å². The Morgan fingerprint density at radius 3 is 2.84 bits per heavy atom. The highest BCUT2D eigenvalue weighted by atomic mass is 32.1. The molecular formula is C18H19NO4S2. The van der Waals surface area contributed by atoms with E-state index in [0.29, 0.717) is 42.7 Å². The summed E-state index contributed by atoms with van der Waals surface area (Å²) >= 11 is 3.24. The number of hydrogen-bond donors (Lipinski definition) is 0. The fourth-order valence-corrected chi connectivity index (χ4v) is 5.84. The molecule has 1 spiro atoms. The number of likely N-dealkylation sites (tertiary alicyclic amines) is 1. The molecule has 3 aliphatic rings. The van der Waals surface area contributed by atoms with E-state index in [4.69, 9.17) is 14.2 Å². The number of rotatable bonds is 1. The van der Waals surface area contributed by atoms with Crippen molar-refractivity contribution in [1.29, 1.82) is 0 Å². The number of carbonyl (C=O) groups is 1. The molecule has 0 saturated carbocycles. The van der Waals surface area contributed by atoms with Crippen molar-refractivity contribution in [2.75, 3.05) is 32.9 Å². The van der Waals surface area contributed by atoms with Crippen molar-refractivity contribution < 1.29 is 19.0 Å². The Hall–Kier alpha value is -1.57. The lowest BCUT2D eigenvalue weighted by Crippen LogP contribution is -2.48. The van der Waals surface area contributed by atoms with Gasteiger partial charge in [0.2, 0.25) is 0 Å². The molecule has 0 atom stereocenters. The third kappa shape index (κ3) is 2.48. The Kier molecular flexibility index (Phi) is 3.76. The lowest BCUT2D eigenvalue weighted by atomic mass is 9.82. The fourth-order valence-electron chi connectivity index (χ4n) is 4.00. The van der Waals surface area contributed by atoms with E-state index in [0.717, 1.165) is 25.9 Å². The van der Waals surface area contributed by atoms with Crippen molar-refractivity contribution >= 4 is 28.6 Å². The Balaban J connectivity index is 1.34. The normalized spacial score (nSPS) is 21.2. The maximum absolute atomic E-state index is 13.0. The summed E-state index contributed by atoms with van der Waals surface area (Å²) in [6.07, 6.45) is 2.72. The summed E-state index contributed by atoms with van der Waals surface area (Å²) in [5, 5.41) is 4.03. The summed E-state index contributed by atoms with van der Waals surface area (Å²) in [7, 11) is 0. The number of piperidine rings is 1. The van der Waals surface area contributed by atoms with Crippen LogP contribution in [0.1, 0.15) is 33.0 Å². The van der Waals surface area contributed by atoms with Crippen LogP contribution in [0.4, 0.5) is 0 Å². The highest BCUT2D eigenvalue weighted by molar-refractivity contribution is 7.12. The van der Waals surface area contributed by atoms with Crippen LogP contribution in [0, 0.1) is 0 Å². The second kappa shape index (κ2) is 6.00. The van der Waals surface area contributed by atoms with Crippen LogP contribution in [0.2, 0.25) is 0 Å². The highest BCUT2D eigenvalue weighted by Gasteiger charge is 2.42. The molecule has 2 aromatic rings. The monoisotopic (exact) mass is 377 g/mol. The lowest BCUT2D eigenvalue weighted by Gasteiger charge is -2.44. The number of thiophene rings is 2. The van der Waals surface area contributed by atoms with Gasteiger partial charge in [0.05, 0.1) is 12.2 Å². The van der Waals surface area contributed by atoms with Crippen molar-refractivity contribution in [1.82, 2.24) is 4.90 Å². The van der Waals surface area contributed by atoms with Gasteiger partial charge in [0.25, 0.3) is 5.91 Å². The zero-order valence-corrected chi connectivity index (χ0v) is 15.4. The molecule has 25 heavy (non-hydrogen) atoms. The van der Waals surface area contributed by atoms with Gasteiger partial charge in [-0.25, -0.2) is 0 Å². The Bertz CT molecular complexity index is 804. The number of hydrogen-bond acceptors (Lipinski definition) is 6. The average molecular weight is 377 g/mol. The molecular weight excluding hydrogens is 358 g/mol. The van der Waals surface area contributed by atoms with Crippen molar-refractivity contribution in [3.05, 3.63) is 32.1 Å². The smallest absolute Gasteiger partial charge is 0.267 e. The summed E-state index contributed by atoms with van der Waals surface area (Å²) < 4.78 is 17.5. The van der Waals surface area contributed by atoms with E-state index in [2.05, 4.69) is 11.4 Å². The predicted molar refractivity (Wildman–Crippen MR) is 96.1 cm³/mol. The Morgan fingerprint density at radius 1 is 1.12 bits per heavy atom. The summed E-state index contributed by atoms with van der Waals surface area (Å²) in [5.41, 5.74) is 1.15. The molecule has 5 heterocycles. The largest absolute Gasteiger partial charge is 0.485 e. The molecule has 0 aliphatic carbocycles. The van der Waals surface area contributed by atoms with Crippen molar-refractivity contribution in [2.24, 2.45) is 0 Å². The van der Waals surface area contributed by atoms with Crippen LogP contribution in [-0.4, -0.2) is 43.7 Å². The predicted octanol–water partition coefficient (Wildman–Crippen LogP) is 3.29. The SMILES string of the molecule is O=C(c1scc2c1OCCO2)N1CCC2(CC1)OCCc1sccc12. The fraction of sp³-hybridized carbons (Fsp3) is 0.500. The molecule has 132 valence electrons. The van der Waals surface area contributed by atoms with Gasteiger partial charge in [0.15, 0.2) is 11.5 Å². The zero-order chi connectivity index (χ0) is 16.9. The van der Waals surface area contributed by atoms with Crippen molar-refractivity contribution in [2.45, 2.75) is 24.9 Å². The van der Waals surface area contributed by atoms with E-state index in [1.165, 1.54) is 21.8 Å². The molecule has 5 nitrogen and oxygen atoms in total. The van der Waals surface area contributed by atoms with Gasteiger partial charge in [-0.3, -0.25) is 4.79 Å². The first-order valence-electron chi connectivity index (χ1n) is 8.64. The Morgan fingerprint density at radius 2 is 1.96 bits per heavy atom. The molecule has 1 amide bonds. The van der Waals surface area contributed by atoms with Crippen molar-refractivity contribution in [3.8, 4) is 11.5 Å². The first-order valence-corrected chi connectivity index (χ1v) is 10.4. The second-order valence-electron chi connectivity index (χ2n) is 6.60. The maximum atomic E-state index is 13.0. The molecule has 0 aromatic carbocycles. The van der Waals surface area contributed by atoms with E-state index in [-0.39, 0.29) is 11.5 Å². The number of amides is 1. The quantitative estimate of drug-likeness (QED) is 0.765. The summed E-state index contributed by atoms with van der Waals surface area (Å²) in [5.74, 6) is 1.37. The summed E-state index contributed by atoms with van der Waals surface area (Å²) in [4.78, 5) is 17.0. The molecule has 1 fully saturated rings. The van der Waals surface area contributed by atoms with Crippen LogP contribution in [0.15, 0.2) is 16.8 Å². The summed E-state index contributed by atoms with van der Waals surface area (Å²) in [6.45, 7) is 3.25. The summed E-state index contributed by atoms with van der Waals surface area (Å²) in [6, 6.07) is 2.21. The molecule has 5 rings (SSSR count). The third-order valence-electron chi connectivity index (χ3n) is 5.30. The van der Waals surface area contributed by atoms with Crippen LogP contribution < -0.4 is 9.47 Å².